The third-order valence-electron chi connectivity index (χ3n) is 6.59. The molecule has 214 valence electrons. The number of carbonyl (C=O) groups excluding carboxylic acids is 2. The fraction of sp³-hybridized carbons (Fsp3) is 0.467. The van der Waals surface area contributed by atoms with Crippen molar-refractivity contribution in [2.75, 3.05) is 39.6 Å². The first-order chi connectivity index (χ1) is 19.2. The van der Waals surface area contributed by atoms with E-state index in [1.165, 1.54) is 23.1 Å². The molecule has 0 bridgehead atoms. The number of amides is 2. The zero-order valence-electron chi connectivity index (χ0n) is 23.9. The van der Waals surface area contributed by atoms with Gasteiger partial charge in [-0.3, -0.25) is 9.59 Å². The van der Waals surface area contributed by atoms with Gasteiger partial charge in [0.1, 0.15) is 17.4 Å². The van der Waals surface area contributed by atoms with E-state index in [4.69, 9.17) is 4.74 Å². The molecule has 0 aliphatic heterocycles. The predicted molar refractivity (Wildman–Crippen MR) is 154 cm³/mol. The van der Waals surface area contributed by atoms with Crippen LogP contribution in [0.15, 0.2) is 42.6 Å². The monoisotopic (exact) mass is 550 g/mol. The zero-order valence-corrected chi connectivity index (χ0v) is 23.9. The van der Waals surface area contributed by atoms with Gasteiger partial charge in [0, 0.05) is 37.3 Å². The summed E-state index contributed by atoms with van der Waals surface area (Å²) in [5.41, 5.74) is 1.09. The number of likely N-dealkylation sites (N-methyl/N-ethyl adjacent to an activating group) is 2. The molecule has 2 N–H and O–H groups in total. The summed E-state index contributed by atoms with van der Waals surface area (Å²) in [6.45, 7) is 4.65. The smallest absolute Gasteiger partial charge is 0.246 e. The molecule has 3 rings (SSSR count). The van der Waals surface area contributed by atoms with Crippen molar-refractivity contribution in [3.63, 3.8) is 0 Å². The number of hydrogen-bond donors (Lipinski definition) is 2. The van der Waals surface area contributed by atoms with Crippen LogP contribution in [-0.2, 0) is 9.59 Å². The quantitative estimate of drug-likeness (QED) is 0.343. The van der Waals surface area contributed by atoms with Crippen LogP contribution in [0.25, 0.3) is 0 Å². The van der Waals surface area contributed by atoms with Crippen LogP contribution >= 0.6 is 0 Å². The fourth-order valence-corrected chi connectivity index (χ4v) is 4.26. The van der Waals surface area contributed by atoms with Gasteiger partial charge in [0.2, 0.25) is 23.6 Å². The Morgan fingerprint density at radius 1 is 1.27 bits per heavy atom. The van der Waals surface area contributed by atoms with E-state index in [1.807, 2.05) is 25.9 Å². The zero-order chi connectivity index (χ0) is 29.1. The average molecular weight is 551 g/mol. The average Bonchev–Trinajstić information content (AvgIpc) is 2.92. The predicted octanol–water partition coefficient (Wildman–Crippen LogP) is 3.75. The van der Waals surface area contributed by atoms with Crippen LogP contribution in [-0.4, -0.2) is 78.0 Å². The lowest BCUT2D eigenvalue weighted by atomic mass is 9.86. The second-order valence-electron chi connectivity index (χ2n) is 10.1. The highest BCUT2D eigenvalue weighted by Crippen LogP contribution is 2.25. The van der Waals surface area contributed by atoms with Gasteiger partial charge in [-0.25, -0.2) is 9.37 Å². The normalized spacial score (nSPS) is 17.6. The molecule has 1 aliphatic rings. The van der Waals surface area contributed by atoms with Gasteiger partial charge in [-0.2, -0.15) is 4.98 Å². The van der Waals surface area contributed by atoms with Crippen molar-refractivity contribution in [2.45, 2.75) is 51.6 Å². The molecular weight excluding hydrogens is 511 g/mol. The van der Waals surface area contributed by atoms with E-state index in [0.29, 0.717) is 30.3 Å². The van der Waals surface area contributed by atoms with E-state index in [0.717, 1.165) is 25.7 Å². The highest BCUT2D eigenvalue weighted by molar-refractivity contribution is 5.92. The minimum atomic E-state index is -0.589. The highest BCUT2D eigenvalue weighted by Gasteiger charge is 2.26. The molecule has 10 heteroatoms. The van der Waals surface area contributed by atoms with E-state index in [9.17, 15) is 14.0 Å². The van der Waals surface area contributed by atoms with E-state index in [2.05, 4.69) is 32.4 Å². The summed E-state index contributed by atoms with van der Waals surface area (Å²) in [7, 11) is 5.48. The van der Waals surface area contributed by atoms with E-state index >= 15 is 0 Å². The van der Waals surface area contributed by atoms with Crippen LogP contribution in [0.3, 0.4) is 0 Å². The standard InChI is InChI=1S/C30H39FN6O3/c1-6-40-29-23(20-32-30(35-29)34-26-13-8-11-24(31)19-26)16-15-22-10-7-12-25(18-22)33-28(39)21(2)37(5)27(38)14-9-17-36(3)4/h8-9,11,13-14,19-22,25H,6-7,10,12,17-18H2,1-5H3,(H,33,39)(H,32,34,35)/t21-,22-,25-/m0/s1. The van der Waals surface area contributed by atoms with Gasteiger partial charge < -0.3 is 25.2 Å². The van der Waals surface area contributed by atoms with Gasteiger partial charge in [-0.1, -0.05) is 30.4 Å². The third kappa shape index (κ3) is 9.35. The van der Waals surface area contributed by atoms with Crippen LogP contribution in [0.2, 0.25) is 0 Å². The van der Waals surface area contributed by atoms with Crippen molar-refractivity contribution in [3.8, 4) is 17.7 Å². The van der Waals surface area contributed by atoms with Gasteiger partial charge in [0.25, 0.3) is 0 Å². The first-order valence-corrected chi connectivity index (χ1v) is 13.6. The summed E-state index contributed by atoms with van der Waals surface area (Å²) in [5, 5.41) is 6.08. The molecule has 1 aromatic heterocycles. The first-order valence-electron chi connectivity index (χ1n) is 13.6. The molecule has 1 fully saturated rings. The van der Waals surface area contributed by atoms with Crippen molar-refractivity contribution < 1.29 is 18.7 Å². The molecule has 1 saturated carbocycles. The summed E-state index contributed by atoms with van der Waals surface area (Å²) >= 11 is 0. The van der Waals surface area contributed by atoms with Gasteiger partial charge >= 0.3 is 0 Å². The van der Waals surface area contributed by atoms with Crippen molar-refractivity contribution in [3.05, 3.63) is 54.0 Å². The fourth-order valence-electron chi connectivity index (χ4n) is 4.26. The molecule has 40 heavy (non-hydrogen) atoms. The number of nitrogens with zero attached hydrogens (tertiary/aromatic N) is 4. The number of carbonyl (C=O) groups is 2. The molecule has 1 aliphatic carbocycles. The Morgan fingerprint density at radius 2 is 2.08 bits per heavy atom. The maximum absolute atomic E-state index is 13.5. The second kappa shape index (κ2) is 15.0. The number of nitrogens with one attached hydrogen (secondary N) is 2. The van der Waals surface area contributed by atoms with Gasteiger partial charge in [0.15, 0.2) is 0 Å². The van der Waals surface area contributed by atoms with Crippen molar-refractivity contribution in [1.82, 2.24) is 25.1 Å². The number of hydrogen-bond acceptors (Lipinski definition) is 7. The van der Waals surface area contributed by atoms with E-state index < -0.39 is 6.04 Å². The molecule has 0 saturated heterocycles. The lowest BCUT2D eigenvalue weighted by Crippen LogP contribution is -2.49. The van der Waals surface area contributed by atoms with Crippen LogP contribution < -0.4 is 15.4 Å². The number of anilines is 2. The summed E-state index contributed by atoms with van der Waals surface area (Å²) in [5.74, 6) is 6.45. The summed E-state index contributed by atoms with van der Waals surface area (Å²) in [6, 6.07) is 5.44. The number of rotatable bonds is 10. The molecule has 0 unspecified atom stereocenters. The maximum Gasteiger partial charge on any atom is 0.246 e. The van der Waals surface area contributed by atoms with E-state index in [1.54, 1.807) is 38.4 Å². The Morgan fingerprint density at radius 3 is 2.80 bits per heavy atom. The molecule has 9 nitrogen and oxygen atoms in total. The lowest BCUT2D eigenvalue weighted by molar-refractivity contribution is -0.135. The van der Waals surface area contributed by atoms with Crippen molar-refractivity contribution >= 4 is 23.5 Å². The topological polar surface area (TPSA) is 99.7 Å². The maximum atomic E-state index is 13.5. The lowest BCUT2D eigenvalue weighted by Gasteiger charge is -2.30. The Kier molecular flexibility index (Phi) is 11.5. The molecule has 3 atom stereocenters. The molecular formula is C30H39FN6O3. The largest absolute Gasteiger partial charge is 0.477 e. The SMILES string of the molecule is CCOc1nc(Nc2cccc(F)c2)ncc1C#C[C@@H]1CCC[C@H](NC(=O)[C@H](C)N(C)C(=O)C=CCN(C)C)C1. The van der Waals surface area contributed by atoms with Crippen LogP contribution in [0.4, 0.5) is 16.0 Å². The van der Waals surface area contributed by atoms with Crippen LogP contribution in [0.5, 0.6) is 5.88 Å². The number of ether oxygens (including phenoxy) is 1. The second-order valence-corrected chi connectivity index (χ2v) is 10.1. The third-order valence-corrected chi connectivity index (χ3v) is 6.59. The number of halogens is 1. The van der Waals surface area contributed by atoms with E-state index in [-0.39, 0.29) is 35.5 Å². The molecule has 1 aromatic carbocycles. The van der Waals surface area contributed by atoms with Crippen molar-refractivity contribution in [2.24, 2.45) is 5.92 Å². The van der Waals surface area contributed by atoms with Gasteiger partial charge in [0.05, 0.1) is 12.8 Å². The molecule has 2 amide bonds. The minimum Gasteiger partial charge on any atom is -0.477 e. The number of aromatic nitrogens is 2. The van der Waals surface area contributed by atoms with Crippen LogP contribution in [0.1, 0.15) is 45.1 Å². The minimum absolute atomic E-state index is 0.0174. The summed E-state index contributed by atoms with van der Waals surface area (Å²) in [6.07, 6.45) is 8.32. The molecule has 0 spiro atoms. The van der Waals surface area contributed by atoms with Gasteiger partial charge in [-0.05, 0) is 65.4 Å². The molecule has 1 heterocycles. The van der Waals surface area contributed by atoms with Crippen molar-refractivity contribution in [1.29, 1.82) is 0 Å². The highest BCUT2D eigenvalue weighted by atomic mass is 19.1. The Balaban J connectivity index is 1.61. The summed E-state index contributed by atoms with van der Waals surface area (Å²) < 4.78 is 19.2. The molecule has 0 radical (unpaired) electrons. The first kappa shape index (κ1) is 30.6. The molecule has 2 aromatic rings. The Labute approximate surface area is 236 Å². The Bertz CT molecular complexity index is 1260. The summed E-state index contributed by atoms with van der Waals surface area (Å²) in [4.78, 5) is 37.4. The number of benzene rings is 1. The Hall–Kier alpha value is -3.97. The van der Waals surface area contributed by atoms with Gasteiger partial charge in [-0.15, -0.1) is 0 Å². The van der Waals surface area contributed by atoms with Crippen LogP contribution in [0, 0.1) is 23.6 Å².